The summed E-state index contributed by atoms with van der Waals surface area (Å²) >= 11 is 0. The van der Waals surface area contributed by atoms with Crippen molar-refractivity contribution in [3.05, 3.63) is 37.1 Å². The van der Waals surface area contributed by atoms with Crippen LogP contribution in [-0.2, 0) is 0 Å². The van der Waals surface area contributed by atoms with E-state index >= 15 is 0 Å². The highest BCUT2D eigenvalue weighted by atomic mass is 15.1. The largest absolute Gasteiger partial charge is 0.369 e. The minimum Gasteiger partial charge on any atom is -0.369 e. The van der Waals surface area contributed by atoms with E-state index in [2.05, 4.69) is 13.2 Å². The molecule has 3 heteroatoms. The third-order valence-corrected chi connectivity index (χ3v) is 1.48. The maximum Gasteiger partial charge on any atom is 0.0973 e. The number of nitrogens with zero attached hydrogens (tertiary/aromatic N) is 3. The molecule has 14 heavy (non-hydrogen) atoms. The van der Waals surface area contributed by atoms with Crippen LogP contribution in [0.25, 0.3) is 0 Å². The molecule has 0 spiro atoms. The van der Waals surface area contributed by atoms with Gasteiger partial charge in [0.1, 0.15) is 0 Å². The number of allylic oxidation sites excluding steroid dienone is 1. The van der Waals surface area contributed by atoms with E-state index < -0.39 is 0 Å². The van der Waals surface area contributed by atoms with Crippen LogP contribution in [0.2, 0.25) is 0 Å². The molecule has 0 fully saturated rings. The highest BCUT2D eigenvalue weighted by Crippen LogP contribution is 2.01. The van der Waals surface area contributed by atoms with E-state index in [4.69, 9.17) is 10.5 Å². The van der Waals surface area contributed by atoms with E-state index in [9.17, 15) is 0 Å². The molecule has 3 nitrogen and oxygen atoms in total. The van der Waals surface area contributed by atoms with E-state index in [1.54, 1.807) is 18.4 Å². The van der Waals surface area contributed by atoms with Crippen molar-refractivity contribution >= 4 is 0 Å². The molecule has 0 aliphatic rings. The number of hydrogen-bond donors (Lipinski definition) is 0. The molecule has 72 valence electrons. The van der Waals surface area contributed by atoms with Crippen LogP contribution in [0, 0.1) is 22.7 Å². The molecule has 0 rings (SSSR count). The monoisotopic (exact) mass is 187 g/mol. The van der Waals surface area contributed by atoms with Crippen molar-refractivity contribution in [3.63, 3.8) is 0 Å². The second-order valence-corrected chi connectivity index (χ2v) is 2.63. The van der Waals surface area contributed by atoms with Gasteiger partial charge in [0.15, 0.2) is 0 Å². The molecule has 0 atom stereocenters. The maximum atomic E-state index is 8.69. The van der Waals surface area contributed by atoms with Crippen LogP contribution in [0.4, 0.5) is 0 Å². The van der Waals surface area contributed by atoms with Gasteiger partial charge in [-0.25, -0.2) is 0 Å². The first-order valence-electron chi connectivity index (χ1n) is 4.22. The second kappa shape index (κ2) is 7.64. The summed E-state index contributed by atoms with van der Waals surface area (Å²) in [6, 6.07) is 3.92. The minimum atomic E-state index is 0.140. The van der Waals surface area contributed by atoms with Gasteiger partial charge in [-0.1, -0.05) is 12.2 Å². The third-order valence-electron chi connectivity index (χ3n) is 1.48. The fourth-order valence-corrected chi connectivity index (χ4v) is 0.931. The lowest BCUT2D eigenvalue weighted by molar-refractivity contribution is 0.459. The van der Waals surface area contributed by atoms with Gasteiger partial charge in [-0.05, 0) is 0 Å². The van der Waals surface area contributed by atoms with Gasteiger partial charge in [0, 0.05) is 19.3 Å². The summed E-state index contributed by atoms with van der Waals surface area (Å²) in [6.07, 6.45) is 5.29. The summed E-state index contributed by atoms with van der Waals surface area (Å²) in [7, 11) is 0. The fourth-order valence-electron chi connectivity index (χ4n) is 0.931. The molecule has 0 saturated carbocycles. The normalized spacial score (nSPS) is 9.71. The smallest absolute Gasteiger partial charge is 0.0973 e. The summed E-state index contributed by atoms with van der Waals surface area (Å²) < 4.78 is 0. The lowest BCUT2D eigenvalue weighted by atomic mass is 10.2. The Morgan fingerprint density at radius 1 is 1.21 bits per heavy atom. The Morgan fingerprint density at radius 2 is 1.79 bits per heavy atom. The molecule has 0 heterocycles. The van der Waals surface area contributed by atoms with Crippen molar-refractivity contribution in [2.24, 2.45) is 0 Å². The maximum absolute atomic E-state index is 8.69. The van der Waals surface area contributed by atoms with Gasteiger partial charge in [-0.2, -0.15) is 10.5 Å². The molecular formula is C11H13N3. The highest BCUT2D eigenvalue weighted by Gasteiger charge is 1.98. The van der Waals surface area contributed by atoms with Crippen molar-refractivity contribution in [2.45, 2.75) is 6.42 Å². The summed E-state index contributed by atoms with van der Waals surface area (Å²) in [4.78, 5) is 1.87. The Labute approximate surface area is 84.9 Å². The SMILES string of the molecule is C=CCN(C=C(C#N)CC#N)CC=C. The first kappa shape index (κ1) is 12.0. The molecule has 0 aliphatic heterocycles. The van der Waals surface area contributed by atoms with Crippen LogP contribution < -0.4 is 0 Å². The van der Waals surface area contributed by atoms with Gasteiger partial charge in [0.2, 0.25) is 0 Å². The van der Waals surface area contributed by atoms with E-state index in [0.717, 1.165) is 0 Å². The van der Waals surface area contributed by atoms with Gasteiger partial charge < -0.3 is 4.90 Å². The molecule has 0 bridgehead atoms. The zero-order valence-corrected chi connectivity index (χ0v) is 8.11. The molecule has 0 saturated heterocycles. The van der Waals surface area contributed by atoms with Gasteiger partial charge in [-0.15, -0.1) is 13.2 Å². The van der Waals surface area contributed by atoms with Crippen molar-refractivity contribution < 1.29 is 0 Å². The molecule has 0 radical (unpaired) electrons. The molecule has 0 aromatic rings. The molecule has 0 aliphatic carbocycles. The molecule has 0 aromatic heterocycles. The topological polar surface area (TPSA) is 50.8 Å². The number of rotatable bonds is 6. The van der Waals surface area contributed by atoms with E-state index in [1.165, 1.54) is 0 Å². The fraction of sp³-hybridized carbons (Fsp3) is 0.273. The van der Waals surface area contributed by atoms with E-state index in [-0.39, 0.29) is 6.42 Å². The number of hydrogen-bond acceptors (Lipinski definition) is 3. The van der Waals surface area contributed by atoms with Crippen molar-refractivity contribution in [2.75, 3.05) is 13.1 Å². The van der Waals surface area contributed by atoms with Crippen LogP contribution in [0.5, 0.6) is 0 Å². The zero-order valence-electron chi connectivity index (χ0n) is 8.11. The Kier molecular flexibility index (Phi) is 6.55. The Balaban J connectivity index is 4.50. The lowest BCUT2D eigenvalue weighted by Crippen LogP contribution is -2.17. The predicted octanol–water partition coefficient (Wildman–Crippen LogP) is 1.98. The molecule has 0 unspecified atom stereocenters. The highest BCUT2D eigenvalue weighted by molar-refractivity contribution is 5.23. The summed E-state index contributed by atoms with van der Waals surface area (Å²) in [5.74, 6) is 0. The first-order chi connectivity index (χ1) is 6.78. The van der Waals surface area contributed by atoms with Crippen LogP contribution in [0.1, 0.15) is 6.42 Å². The summed E-state index contributed by atoms with van der Waals surface area (Å²) in [5.41, 5.74) is 0.455. The van der Waals surface area contributed by atoms with E-state index in [1.807, 2.05) is 17.0 Å². The summed E-state index contributed by atoms with van der Waals surface area (Å²) in [6.45, 7) is 8.50. The molecular weight excluding hydrogens is 174 g/mol. The van der Waals surface area contributed by atoms with Gasteiger partial charge in [-0.3, -0.25) is 0 Å². The molecule has 0 amide bonds. The van der Waals surface area contributed by atoms with Crippen LogP contribution in [-0.4, -0.2) is 18.0 Å². The molecule has 0 N–H and O–H groups in total. The third kappa shape index (κ3) is 4.79. The number of nitriles is 2. The van der Waals surface area contributed by atoms with Crippen molar-refractivity contribution in [1.29, 1.82) is 10.5 Å². The quantitative estimate of drug-likeness (QED) is 0.472. The average molecular weight is 187 g/mol. The molecule has 0 aromatic carbocycles. The zero-order chi connectivity index (χ0) is 10.8. The van der Waals surface area contributed by atoms with Crippen molar-refractivity contribution in [3.8, 4) is 12.1 Å². The first-order valence-corrected chi connectivity index (χ1v) is 4.22. The van der Waals surface area contributed by atoms with Gasteiger partial charge >= 0.3 is 0 Å². The Hall–Kier alpha value is -2.00. The van der Waals surface area contributed by atoms with Gasteiger partial charge in [0.05, 0.1) is 24.1 Å². The Morgan fingerprint density at radius 3 is 2.14 bits per heavy atom. The predicted molar refractivity (Wildman–Crippen MR) is 55.9 cm³/mol. The average Bonchev–Trinajstić information content (AvgIpc) is 2.18. The van der Waals surface area contributed by atoms with Crippen LogP contribution in [0.15, 0.2) is 37.1 Å². The summed E-state index contributed by atoms with van der Waals surface area (Å²) in [5, 5.41) is 17.1. The van der Waals surface area contributed by atoms with Gasteiger partial charge in [0.25, 0.3) is 0 Å². The Bertz CT molecular complexity index is 291. The standard InChI is InChI=1S/C11H13N3/c1-3-7-14(8-4-2)10-11(9-13)5-6-12/h3-4,10H,1-2,5,7-8H2. The second-order valence-electron chi connectivity index (χ2n) is 2.63. The minimum absolute atomic E-state index is 0.140. The van der Waals surface area contributed by atoms with E-state index in [0.29, 0.717) is 18.7 Å². The van der Waals surface area contributed by atoms with Crippen LogP contribution >= 0.6 is 0 Å². The lowest BCUT2D eigenvalue weighted by Gasteiger charge is -2.16. The van der Waals surface area contributed by atoms with Crippen LogP contribution in [0.3, 0.4) is 0 Å². The van der Waals surface area contributed by atoms with Crippen molar-refractivity contribution in [1.82, 2.24) is 4.90 Å².